The summed E-state index contributed by atoms with van der Waals surface area (Å²) >= 11 is 0. The monoisotopic (exact) mass is 258 g/mol. The van der Waals surface area contributed by atoms with Crippen molar-refractivity contribution in [2.45, 2.75) is 32.9 Å². The number of pyridine rings is 1. The lowest BCUT2D eigenvalue weighted by molar-refractivity contribution is 0.164. The van der Waals surface area contributed by atoms with E-state index in [1.807, 2.05) is 13.0 Å². The van der Waals surface area contributed by atoms with E-state index >= 15 is 0 Å². The zero-order valence-electron chi connectivity index (χ0n) is 11.9. The van der Waals surface area contributed by atoms with Crippen LogP contribution in [0, 0.1) is 6.92 Å². The molecule has 0 aliphatic carbocycles. The molecular weight excluding hydrogens is 236 g/mol. The first-order valence-corrected chi connectivity index (χ1v) is 6.82. The van der Waals surface area contributed by atoms with Crippen molar-refractivity contribution < 1.29 is 4.74 Å². The molecule has 3 heteroatoms. The third kappa shape index (κ3) is 3.52. The van der Waals surface area contributed by atoms with Gasteiger partial charge >= 0.3 is 0 Å². The molecule has 0 amide bonds. The van der Waals surface area contributed by atoms with Crippen LogP contribution in [0.4, 0.5) is 0 Å². The number of nitrogens with zero attached hydrogens (tertiary/aromatic N) is 1. The van der Waals surface area contributed by atoms with Gasteiger partial charge in [-0.2, -0.15) is 0 Å². The summed E-state index contributed by atoms with van der Waals surface area (Å²) in [7, 11) is 1.75. The maximum Gasteiger partial charge on any atom is 0.0708 e. The van der Waals surface area contributed by atoms with Crippen molar-refractivity contribution in [3.63, 3.8) is 0 Å². The number of methoxy groups -OCH3 is 1. The second kappa shape index (κ2) is 6.64. The maximum atomic E-state index is 5.22. The van der Waals surface area contributed by atoms with Gasteiger partial charge in [-0.1, -0.05) is 25.1 Å². The lowest BCUT2D eigenvalue weighted by Crippen LogP contribution is -2.32. The Hall–Kier alpha value is -1.45. The van der Waals surface area contributed by atoms with Crippen LogP contribution in [0.5, 0.6) is 0 Å². The van der Waals surface area contributed by atoms with Gasteiger partial charge in [0.05, 0.1) is 12.1 Å². The first-order valence-electron chi connectivity index (χ1n) is 6.82. The van der Waals surface area contributed by atoms with Crippen LogP contribution < -0.4 is 5.32 Å². The van der Waals surface area contributed by atoms with Crippen LogP contribution in [0.2, 0.25) is 0 Å². The number of para-hydroxylation sites is 1. The molecule has 0 radical (unpaired) electrons. The van der Waals surface area contributed by atoms with Crippen molar-refractivity contribution in [3.05, 3.63) is 41.6 Å². The zero-order valence-corrected chi connectivity index (χ0v) is 11.9. The predicted molar refractivity (Wildman–Crippen MR) is 79.3 cm³/mol. The largest absolute Gasteiger partial charge is 0.383 e. The standard InChI is InChI=1S/C16H22N2O/c1-4-14(11-19-3)17-10-13-9-12(2)18-16-8-6-5-7-15(13)16/h5-9,14,17H,4,10-11H2,1-3H3. The fourth-order valence-corrected chi connectivity index (χ4v) is 2.32. The van der Waals surface area contributed by atoms with Gasteiger partial charge in [0.2, 0.25) is 0 Å². The predicted octanol–water partition coefficient (Wildman–Crippen LogP) is 3.06. The molecule has 0 spiro atoms. The molecule has 2 aromatic rings. The molecule has 1 aromatic carbocycles. The molecule has 1 heterocycles. The summed E-state index contributed by atoms with van der Waals surface area (Å²) in [6.07, 6.45) is 1.07. The van der Waals surface area contributed by atoms with Crippen LogP contribution in [-0.4, -0.2) is 24.7 Å². The van der Waals surface area contributed by atoms with Gasteiger partial charge in [0.15, 0.2) is 0 Å². The van der Waals surface area contributed by atoms with Gasteiger partial charge in [-0.25, -0.2) is 0 Å². The summed E-state index contributed by atoms with van der Waals surface area (Å²) in [4.78, 5) is 4.57. The molecule has 0 aliphatic rings. The van der Waals surface area contributed by atoms with Gasteiger partial charge in [0.25, 0.3) is 0 Å². The van der Waals surface area contributed by atoms with E-state index in [-0.39, 0.29) is 0 Å². The molecule has 19 heavy (non-hydrogen) atoms. The van der Waals surface area contributed by atoms with Gasteiger partial charge in [-0.05, 0) is 31.0 Å². The molecule has 0 bridgehead atoms. The molecule has 102 valence electrons. The van der Waals surface area contributed by atoms with Crippen molar-refractivity contribution in [2.24, 2.45) is 0 Å². The molecule has 0 fully saturated rings. The highest BCUT2D eigenvalue weighted by Crippen LogP contribution is 2.18. The maximum absolute atomic E-state index is 5.22. The van der Waals surface area contributed by atoms with Crippen molar-refractivity contribution >= 4 is 10.9 Å². The molecule has 1 aromatic heterocycles. The van der Waals surface area contributed by atoms with Crippen molar-refractivity contribution in [1.82, 2.24) is 10.3 Å². The van der Waals surface area contributed by atoms with E-state index in [0.29, 0.717) is 6.04 Å². The van der Waals surface area contributed by atoms with E-state index in [4.69, 9.17) is 4.74 Å². The quantitative estimate of drug-likeness (QED) is 0.864. The topological polar surface area (TPSA) is 34.1 Å². The number of aryl methyl sites for hydroxylation is 1. The number of nitrogens with one attached hydrogen (secondary N) is 1. The summed E-state index contributed by atoms with van der Waals surface area (Å²) in [6.45, 7) is 5.82. The molecule has 0 saturated heterocycles. The Morgan fingerprint density at radius 3 is 2.84 bits per heavy atom. The molecular formula is C16H22N2O. The summed E-state index contributed by atoms with van der Waals surface area (Å²) in [5.41, 5.74) is 3.44. The number of benzene rings is 1. The second-order valence-electron chi connectivity index (χ2n) is 4.88. The van der Waals surface area contributed by atoms with E-state index in [1.54, 1.807) is 7.11 Å². The molecule has 0 saturated carbocycles. The van der Waals surface area contributed by atoms with Gasteiger partial charge in [0.1, 0.15) is 0 Å². The number of ether oxygens (including phenoxy) is 1. The minimum Gasteiger partial charge on any atom is -0.383 e. The summed E-state index contributed by atoms with van der Waals surface area (Å²) in [5.74, 6) is 0. The fourth-order valence-electron chi connectivity index (χ4n) is 2.32. The van der Waals surface area contributed by atoms with Crippen molar-refractivity contribution in [3.8, 4) is 0 Å². The summed E-state index contributed by atoms with van der Waals surface area (Å²) in [5, 5.41) is 4.78. The zero-order chi connectivity index (χ0) is 13.7. The van der Waals surface area contributed by atoms with Gasteiger partial charge in [-0.15, -0.1) is 0 Å². The van der Waals surface area contributed by atoms with Gasteiger partial charge in [0, 0.05) is 30.8 Å². The van der Waals surface area contributed by atoms with E-state index in [1.165, 1.54) is 10.9 Å². The van der Waals surface area contributed by atoms with Crippen LogP contribution in [0.25, 0.3) is 10.9 Å². The Morgan fingerprint density at radius 1 is 1.32 bits per heavy atom. The Kier molecular flexibility index (Phi) is 4.88. The first kappa shape index (κ1) is 14.0. The third-order valence-corrected chi connectivity index (χ3v) is 3.37. The minimum absolute atomic E-state index is 0.400. The van der Waals surface area contributed by atoms with Crippen LogP contribution in [0.1, 0.15) is 24.6 Å². The van der Waals surface area contributed by atoms with Crippen molar-refractivity contribution in [1.29, 1.82) is 0 Å². The van der Waals surface area contributed by atoms with Gasteiger partial charge in [-0.3, -0.25) is 4.98 Å². The van der Waals surface area contributed by atoms with E-state index in [2.05, 4.69) is 41.5 Å². The molecule has 1 N–H and O–H groups in total. The number of hydrogen-bond acceptors (Lipinski definition) is 3. The number of rotatable bonds is 6. The normalized spacial score (nSPS) is 12.8. The molecule has 3 nitrogen and oxygen atoms in total. The smallest absolute Gasteiger partial charge is 0.0708 e. The van der Waals surface area contributed by atoms with E-state index in [0.717, 1.165) is 30.8 Å². The summed E-state index contributed by atoms with van der Waals surface area (Å²) < 4.78 is 5.22. The van der Waals surface area contributed by atoms with Crippen LogP contribution in [0.3, 0.4) is 0 Å². The Morgan fingerprint density at radius 2 is 2.11 bits per heavy atom. The van der Waals surface area contributed by atoms with Crippen LogP contribution >= 0.6 is 0 Å². The Labute approximate surface area is 115 Å². The molecule has 1 unspecified atom stereocenters. The highest BCUT2D eigenvalue weighted by Gasteiger charge is 2.07. The third-order valence-electron chi connectivity index (χ3n) is 3.37. The molecule has 0 aliphatic heterocycles. The summed E-state index contributed by atoms with van der Waals surface area (Å²) in [6, 6.07) is 10.9. The van der Waals surface area contributed by atoms with Gasteiger partial charge < -0.3 is 10.1 Å². The Balaban J connectivity index is 2.20. The fraction of sp³-hybridized carbons (Fsp3) is 0.438. The van der Waals surface area contributed by atoms with Crippen LogP contribution in [-0.2, 0) is 11.3 Å². The van der Waals surface area contributed by atoms with E-state index in [9.17, 15) is 0 Å². The lowest BCUT2D eigenvalue weighted by Gasteiger charge is -2.17. The highest BCUT2D eigenvalue weighted by atomic mass is 16.5. The average molecular weight is 258 g/mol. The number of fused-ring (bicyclic) bond motifs is 1. The SMILES string of the molecule is CCC(COC)NCc1cc(C)nc2ccccc12. The van der Waals surface area contributed by atoms with E-state index < -0.39 is 0 Å². The highest BCUT2D eigenvalue weighted by molar-refractivity contribution is 5.82. The number of hydrogen-bond donors (Lipinski definition) is 1. The minimum atomic E-state index is 0.400. The second-order valence-corrected chi connectivity index (χ2v) is 4.88. The van der Waals surface area contributed by atoms with Crippen molar-refractivity contribution in [2.75, 3.05) is 13.7 Å². The molecule has 1 atom stereocenters. The lowest BCUT2D eigenvalue weighted by atomic mass is 10.1. The first-order chi connectivity index (χ1) is 9.24. The van der Waals surface area contributed by atoms with Crippen LogP contribution in [0.15, 0.2) is 30.3 Å². The average Bonchev–Trinajstić information content (AvgIpc) is 2.43. The molecule has 2 rings (SSSR count). The Bertz CT molecular complexity index is 539. The number of aromatic nitrogens is 1.